The smallest absolute Gasteiger partial charge is 0.126 e. The Morgan fingerprint density at radius 1 is 1.33 bits per heavy atom. The zero-order valence-corrected chi connectivity index (χ0v) is 12.6. The number of hydrogen-bond acceptors (Lipinski definition) is 2. The molecule has 18 heavy (non-hydrogen) atoms. The third kappa shape index (κ3) is 4.99. The first kappa shape index (κ1) is 15.5. The van der Waals surface area contributed by atoms with Gasteiger partial charge >= 0.3 is 0 Å². The molecule has 102 valence electrons. The average Bonchev–Trinajstić information content (AvgIpc) is 2.33. The molecule has 0 aliphatic rings. The highest BCUT2D eigenvalue weighted by atomic mass is 32.2. The van der Waals surface area contributed by atoms with Gasteiger partial charge in [-0.1, -0.05) is 19.1 Å². The molecule has 3 heteroatoms. The molecular weight excluding hydrogens is 245 g/mol. The molecule has 0 fully saturated rings. The Morgan fingerprint density at radius 3 is 2.67 bits per heavy atom. The van der Waals surface area contributed by atoms with Gasteiger partial charge in [0.05, 0.1) is 0 Å². The fraction of sp³-hybridized carbons (Fsp3) is 0.600. The van der Waals surface area contributed by atoms with E-state index in [1.54, 1.807) is 13.0 Å². The van der Waals surface area contributed by atoms with Crippen LogP contribution in [0.15, 0.2) is 18.2 Å². The molecule has 1 nitrogen and oxygen atoms in total. The fourth-order valence-corrected chi connectivity index (χ4v) is 2.70. The SMILES string of the molecule is CCSCCC(C)NC(C)c1ccc(C)c(F)c1. The van der Waals surface area contributed by atoms with Crippen LogP contribution < -0.4 is 5.32 Å². The predicted molar refractivity (Wildman–Crippen MR) is 79.8 cm³/mol. The monoisotopic (exact) mass is 269 g/mol. The number of halogens is 1. The topological polar surface area (TPSA) is 12.0 Å². The number of nitrogens with one attached hydrogen (secondary N) is 1. The highest BCUT2D eigenvalue weighted by Crippen LogP contribution is 2.17. The molecule has 0 aliphatic heterocycles. The number of aryl methyl sites for hydroxylation is 1. The molecule has 0 spiro atoms. The molecule has 0 saturated carbocycles. The standard InChI is InChI=1S/C15H24FNS/c1-5-18-9-8-12(3)17-13(4)14-7-6-11(2)15(16)10-14/h6-7,10,12-13,17H,5,8-9H2,1-4H3. The Balaban J connectivity index is 2.48. The largest absolute Gasteiger partial charge is 0.308 e. The van der Waals surface area contributed by atoms with Crippen LogP contribution in [0.4, 0.5) is 4.39 Å². The molecule has 1 aromatic carbocycles. The molecular formula is C15H24FNS. The first-order valence-corrected chi connectivity index (χ1v) is 7.80. The van der Waals surface area contributed by atoms with E-state index < -0.39 is 0 Å². The van der Waals surface area contributed by atoms with Crippen molar-refractivity contribution in [2.24, 2.45) is 0 Å². The summed E-state index contributed by atoms with van der Waals surface area (Å²) < 4.78 is 13.5. The molecule has 0 radical (unpaired) electrons. The minimum absolute atomic E-state index is 0.115. The number of benzene rings is 1. The van der Waals surface area contributed by atoms with Crippen molar-refractivity contribution >= 4 is 11.8 Å². The van der Waals surface area contributed by atoms with E-state index in [1.807, 2.05) is 23.9 Å². The number of thioether (sulfide) groups is 1. The molecule has 0 saturated heterocycles. The van der Waals surface area contributed by atoms with Crippen LogP contribution in [0.2, 0.25) is 0 Å². The molecule has 2 unspecified atom stereocenters. The highest BCUT2D eigenvalue weighted by Gasteiger charge is 2.10. The first-order chi connectivity index (χ1) is 8.54. The van der Waals surface area contributed by atoms with Gasteiger partial charge in [-0.05, 0) is 55.9 Å². The van der Waals surface area contributed by atoms with E-state index >= 15 is 0 Å². The lowest BCUT2D eigenvalue weighted by atomic mass is 10.0. The lowest BCUT2D eigenvalue weighted by Gasteiger charge is -2.20. The maximum absolute atomic E-state index is 13.5. The second kappa shape index (κ2) is 7.80. The van der Waals surface area contributed by atoms with Crippen molar-refractivity contribution in [3.63, 3.8) is 0 Å². The molecule has 2 atom stereocenters. The lowest BCUT2D eigenvalue weighted by Crippen LogP contribution is -2.29. The van der Waals surface area contributed by atoms with Crippen LogP contribution in [-0.4, -0.2) is 17.5 Å². The summed E-state index contributed by atoms with van der Waals surface area (Å²) in [6.07, 6.45) is 1.15. The summed E-state index contributed by atoms with van der Waals surface area (Å²) in [4.78, 5) is 0. The summed E-state index contributed by atoms with van der Waals surface area (Å²) in [7, 11) is 0. The van der Waals surface area contributed by atoms with E-state index in [4.69, 9.17) is 0 Å². The minimum Gasteiger partial charge on any atom is -0.308 e. The number of hydrogen-bond donors (Lipinski definition) is 1. The maximum atomic E-state index is 13.5. The van der Waals surface area contributed by atoms with Crippen molar-refractivity contribution in [1.29, 1.82) is 0 Å². The quantitative estimate of drug-likeness (QED) is 0.740. The lowest BCUT2D eigenvalue weighted by molar-refractivity contribution is 0.469. The van der Waals surface area contributed by atoms with Gasteiger partial charge in [0, 0.05) is 12.1 Å². The van der Waals surface area contributed by atoms with Gasteiger partial charge in [0.15, 0.2) is 0 Å². The normalized spacial score (nSPS) is 14.5. The molecule has 1 aromatic rings. The van der Waals surface area contributed by atoms with E-state index in [2.05, 4.69) is 26.1 Å². The van der Waals surface area contributed by atoms with Crippen molar-refractivity contribution in [1.82, 2.24) is 5.32 Å². The van der Waals surface area contributed by atoms with E-state index in [0.29, 0.717) is 11.6 Å². The first-order valence-electron chi connectivity index (χ1n) is 6.64. The van der Waals surface area contributed by atoms with Crippen molar-refractivity contribution < 1.29 is 4.39 Å². The van der Waals surface area contributed by atoms with Crippen LogP contribution in [0.25, 0.3) is 0 Å². The summed E-state index contributed by atoms with van der Waals surface area (Å²) in [5.74, 6) is 2.24. The average molecular weight is 269 g/mol. The van der Waals surface area contributed by atoms with Gasteiger partial charge in [0.25, 0.3) is 0 Å². The van der Waals surface area contributed by atoms with Gasteiger partial charge in [0.1, 0.15) is 5.82 Å². The minimum atomic E-state index is -0.115. The van der Waals surface area contributed by atoms with Crippen LogP contribution in [0.1, 0.15) is 44.4 Å². The van der Waals surface area contributed by atoms with Crippen molar-refractivity contribution in [2.75, 3.05) is 11.5 Å². The van der Waals surface area contributed by atoms with Gasteiger partial charge in [-0.25, -0.2) is 4.39 Å². The van der Waals surface area contributed by atoms with Gasteiger partial charge in [0.2, 0.25) is 0 Å². The van der Waals surface area contributed by atoms with Crippen LogP contribution >= 0.6 is 11.8 Å². The zero-order chi connectivity index (χ0) is 13.5. The van der Waals surface area contributed by atoms with Crippen LogP contribution in [-0.2, 0) is 0 Å². The predicted octanol–water partition coefficient (Wildman–Crippen LogP) is 4.32. The van der Waals surface area contributed by atoms with Crippen molar-refractivity contribution in [3.05, 3.63) is 35.1 Å². The molecule has 0 bridgehead atoms. The van der Waals surface area contributed by atoms with Crippen LogP contribution in [0.5, 0.6) is 0 Å². The van der Waals surface area contributed by atoms with Gasteiger partial charge in [-0.15, -0.1) is 0 Å². The Labute approximate surface area is 115 Å². The van der Waals surface area contributed by atoms with E-state index in [1.165, 1.54) is 11.5 Å². The Hall–Kier alpha value is -0.540. The summed E-state index contributed by atoms with van der Waals surface area (Å²) in [6.45, 7) is 8.26. The molecule has 0 heterocycles. The summed E-state index contributed by atoms with van der Waals surface area (Å²) in [6, 6.07) is 6.15. The summed E-state index contributed by atoms with van der Waals surface area (Å²) in [5.41, 5.74) is 1.73. The van der Waals surface area contributed by atoms with Gasteiger partial charge < -0.3 is 5.32 Å². The van der Waals surface area contributed by atoms with Gasteiger partial charge in [-0.2, -0.15) is 11.8 Å². The van der Waals surface area contributed by atoms with Crippen LogP contribution in [0, 0.1) is 12.7 Å². The summed E-state index contributed by atoms with van der Waals surface area (Å²) in [5, 5.41) is 3.52. The second-order valence-electron chi connectivity index (χ2n) is 4.78. The Kier molecular flexibility index (Phi) is 6.72. The molecule has 0 aliphatic carbocycles. The Morgan fingerprint density at radius 2 is 2.06 bits per heavy atom. The summed E-state index contributed by atoms with van der Waals surface area (Å²) >= 11 is 1.96. The highest BCUT2D eigenvalue weighted by molar-refractivity contribution is 7.99. The third-order valence-corrected chi connectivity index (χ3v) is 4.06. The van der Waals surface area contributed by atoms with Crippen LogP contribution in [0.3, 0.4) is 0 Å². The molecule has 0 amide bonds. The van der Waals surface area contributed by atoms with Gasteiger partial charge in [-0.3, -0.25) is 0 Å². The second-order valence-corrected chi connectivity index (χ2v) is 6.18. The fourth-order valence-electron chi connectivity index (χ4n) is 1.89. The van der Waals surface area contributed by atoms with E-state index in [9.17, 15) is 4.39 Å². The van der Waals surface area contributed by atoms with Crippen molar-refractivity contribution in [2.45, 2.75) is 46.2 Å². The molecule has 0 aromatic heterocycles. The Bertz CT molecular complexity index is 368. The number of rotatable bonds is 7. The third-order valence-electron chi connectivity index (χ3n) is 3.13. The molecule has 1 N–H and O–H groups in total. The van der Waals surface area contributed by atoms with E-state index in [-0.39, 0.29) is 11.9 Å². The molecule has 1 rings (SSSR count). The zero-order valence-electron chi connectivity index (χ0n) is 11.8. The van der Waals surface area contributed by atoms with E-state index in [0.717, 1.165) is 12.0 Å². The van der Waals surface area contributed by atoms with Crippen molar-refractivity contribution in [3.8, 4) is 0 Å². The maximum Gasteiger partial charge on any atom is 0.126 e.